The van der Waals surface area contributed by atoms with E-state index in [0.29, 0.717) is 58.7 Å². The maximum absolute atomic E-state index is 12.5. The van der Waals surface area contributed by atoms with Crippen LogP contribution in [0, 0.1) is 0 Å². The quantitative estimate of drug-likeness (QED) is 0.164. The van der Waals surface area contributed by atoms with Gasteiger partial charge in [-0.15, -0.1) is 0 Å². The molecule has 3 N–H and O–H groups in total. The molecule has 10 nitrogen and oxygen atoms in total. The molecule has 0 amide bonds. The molecule has 0 saturated heterocycles. The van der Waals surface area contributed by atoms with Crippen LogP contribution in [-0.4, -0.2) is 103 Å². The molecule has 0 heterocycles. The van der Waals surface area contributed by atoms with Crippen LogP contribution in [0.2, 0.25) is 0 Å². The Morgan fingerprint density at radius 1 is 0.622 bits per heavy atom. The van der Waals surface area contributed by atoms with Crippen LogP contribution in [0.5, 0.6) is 0 Å². The van der Waals surface area contributed by atoms with Crippen molar-refractivity contribution >= 4 is 17.9 Å². The van der Waals surface area contributed by atoms with Gasteiger partial charge in [0.25, 0.3) is 0 Å². The number of nitrogens with zero attached hydrogens (tertiary/aromatic N) is 2. The van der Waals surface area contributed by atoms with Crippen molar-refractivity contribution in [2.24, 2.45) is 5.73 Å². The molecule has 0 radical (unpaired) electrons. The highest BCUT2D eigenvalue weighted by Gasteiger charge is 2.22. The van der Waals surface area contributed by atoms with Crippen molar-refractivity contribution in [1.82, 2.24) is 15.1 Å². The lowest BCUT2D eigenvalue weighted by Crippen LogP contribution is -2.44. The number of hydrogen-bond acceptors (Lipinski definition) is 10. The first-order valence-corrected chi connectivity index (χ1v) is 13.4. The van der Waals surface area contributed by atoms with Crippen molar-refractivity contribution in [3.05, 3.63) is 0 Å². The van der Waals surface area contributed by atoms with Gasteiger partial charge in [-0.1, -0.05) is 0 Å². The monoisotopic (exact) mass is 530 g/mol. The number of carbonyl (C=O) groups excluding carboxylic acids is 3. The van der Waals surface area contributed by atoms with E-state index in [1.165, 1.54) is 0 Å². The molecular formula is C27H54N4O6. The van der Waals surface area contributed by atoms with Gasteiger partial charge >= 0.3 is 17.9 Å². The molecule has 218 valence electrons. The van der Waals surface area contributed by atoms with Gasteiger partial charge in [0.15, 0.2) is 0 Å². The molecule has 0 aliphatic heterocycles. The van der Waals surface area contributed by atoms with Crippen LogP contribution in [-0.2, 0) is 28.6 Å². The summed E-state index contributed by atoms with van der Waals surface area (Å²) in [5.74, 6) is -0.815. The van der Waals surface area contributed by atoms with E-state index in [1.54, 1.807) is 0 Å². The highest BCUT2D eigenvalue weighted by molar-refractivity contribution is 5.72. The number of ether oxygens (including phenoxy) is 3. The van der Waals surface area contributed by atoms with Crippen LogP contribution in [0.25, 0.3) is 0 Å². The first-order valence-electron chi connectivity index (χ1n) is 13.4. The molecule has 0 aromatic carbocycles. The van der Waals surface area contributed by atoms with Gasteiger partial charge in [0.1, 0.15) is 16.8 Å². The standard InChI is InChI=1S/C27H54N4O6/c1-25(2,3)35-22(32)12-10-11-16-30(20-23(33)36-26(4,5)6)18-19-31(17-15-29-14-13-28)21-24(34)37-27(7,8)9/h29H,10-21,28H2,1-9H3. The Balaban J connectivity index is 5.11. The molecule has 0 aliphatic carbocycles. The van der Waals surface area contributed by atoms with Crippen LogP contribution in [0.3, 0.4) is 0 Å². The van der Waals surface area contributed by atoms with Crippen LogP contribution < -0.4 is 11.1 Å². The van der Waals surface area contributed by atoms with Crippen molar-refractivity contribution in [3.63, 3.8) is 0 Å². The first kappa shape index (κ1) is 35.2. The van der Waals surface area contributed by atoms with E-state index in [4.69, 9.17) is 19.9 Å². The maximum atomic E-state index is 12.5. The lowest BCUT2D eigenvalue weighted by molar-refractivity contribution is -0.158. The van der Waals surface area contributed by atoms with Crippen LogP contribution in [0.1, 0.15) is 81.6 Å². The van der Waals surface area contributed by atoms with Gasteiger partial charge in [0.05, 0.1) is 13.1 Å². The van der Waals surface area contributed by atoms with Crippen molar-refractivity contribution in [2.45, 2.75) is 98.4 Å². The Hall–Kier alpha value is -1.75. The topological polar surface area (TPSA) is 123 Å². The lowest BCUT2D eigenvalue weighted by Gasteiger charge is -2.29. The highest BCUT2D eigenvalue weighted by atomic mass is 16.6. The average molecular weight is 531 g/mol. The third-order valence-corrected chi connectivity index (χ3v) is 4.73. The molecule has 0 aromatic rings. The Bertz CT molecular complexity index is 680. The second-order valence-corrected chi connectivity index (χ2v) is 12.3. The van der Waals surface area contributed by atoms with Gasteiger partial charge < -0.3 is 25.3 Å². The fraction of sp³-hybridized carbons (Fsp3) is 0.889. The number of nitrogens with one attached hydrogen (secondary N) is 1. The van der Waals surface area contributed by atoms with E-state index < -0.39 is 16.8 Å². The Labute approximate surface area is 224 Å². The Morgan fingerprint density at radius 3 is 1.49 bits per heavy atom. The molecule has 0 bridgehead atoms. The molecule has 10 heteroatoms. The molecule has 0 rings (SSSR count). The van der Waals surface area contributed by atoms with Crippen molar-refractivity contribution < 1.29 is 28.6 Å². The fourth-order valence-electron chi connectivity index (χ4n) is 3.40. The summed E-state index contributed by atoms with van der Waals surface area (Å²) in [6, 6.07) is 0. The zero-order chi connectivity index (χ0) is 28.7. The second-order valence-electron chi connectivity index (χ2n) is 12.3. The summed E-state index contributed by atoms with van der Waals surface area (Å²) in [7, 11) is 0. The van der Waals surface area contributed by atoms with Gasteiger partial charge in [0, 0.05) is 45.7 Å². The molecular weight excluding hydrogens is 476 g/mol. The molecule has 0 aromatic heterocycles. The van der Waals surface area contributed by atoms with Gasteiger partial charge in [-0.2, -0.15) is 0 Å². The normalized spacial score (nSPS) is 12.6. The van der Waals surface area contributed by atoms with E-state index in [1.807, 2.05) is 72.1 Å². The first-order chi connectivity index (χ1) is 16.9. The predicted molar refractivity (Wildman–Crippen MR) is 146 cm³/mol. The van der Waals surface area contributed by atoms with E-state index in [-0.39, 0.29) is 31.0 Å². The van der Waals surface area contributed by atoms with Crippen LogP contribution in [0.4, 0.5) is 0 Å². The highest BCUT2D eigenvalue weighted by Crippen LogP contribution is 2.12. The summed E-state index contributed by atoms with van der Waals surface area (Å²) < 4.78 is 16.4. The minimum atomic E-state index is -0.573. The summed E-state index contributed by atoms with van der Waals surface area (Å²) >= 11 is 0. The van der Waals surface area contributed by atoms with Gasteiger partial charge in [-0.25, -0.2) is 0 Å². The van der Waals surface area contributed by atoms with Gasteiger partial charge in [-0.3, -0.25) is 24.2 Å². The number of esters is 3. The van der Waals surface area contributed by atoms with Gasteiger partial charge in [0.2, 0.25) is 0 Å². The minimum absolute atomic E-state index is 0.134. The summed E-state index contributed by atoms with van der Waals surface area (Å²) in [5, 5.41) is 3.25. The molecule has 0 atom stereocenters. The minimum Gasteiger partial charge on any atom is -0.460 e. The maximum Gasteiger partial charge on any atom is 0.320 e. The second kappa shape index (κ2) is 17.0. The molecule has 0 unspecified atom stereocenters. The lowest BCUT2D eigenvalue weighted by atomic mass is 10.2. The number of unbranched alkanes of at least 4 members (excludes halogenated alkanes) is 1. The van der Waals surface area contributed by atoms with Crippen LogP contribution >= 0.6 is 0 Å². The predicted octanol–water partition coefficient (Wildman–Crippen LogP) is 2.33. The van der Waals surface area contributed by atoms with E-state index in [2.05, 4.69) is 5.32 Å². The van der Waals surface area contributed by atoms with Crippen molar-refractivity contribution in [1.29, 1.82) is 0 Å². The molecule has 0 saturated carbocycles. The molecule has 0 fully saturated rings. The largest absolute Gasteiger partial charge is 0.460 e. The number of rotatable bonds is 17. The smallest absolute Gasteiger partial charge is 0.320 e. The van der Waals surface area contributed by atoms with Crippen molar-refractivity contribution in [3.8, 4) is 0 Å². The molecule has 0 aliphatic rings. The summed E-state index contributed by atoms with van der Waals surface area (Å²) in [4.78, 5) is 41.1. The summed E-state index contributed by atoms with van der Waals surface area (Å²) in [6.45, 7) is 21.2. The van der Waals surface area contributed by atoms with E-state index in [0.717, 1.165) is 6.42 Å². The Kier molecular flexibility index (Phi) is 16.2. The zero-order valence-corrected chi connectivity index (χ0v) is 24.9. The SMILES string of the molecule is CC(C)(C)OC(=O)CCCCN(CCN(CCNCCN)CC(=O)OC(C)(C)C)CC(=O)OC(C)(C)C. The molecule has 37 heavy (non-hydrogen) atoms. The summed E-state index contributed by atoms with van der Waals surface area (Å²) in [6.07, 6.45) is 1.71. The third-order valence-electron chi connectivity index (χ3n) is 4.73. The number of carbonyl (C=O) groups is 3. The van der Waals surface area contributed by atoms with E-state index >= 15 is 0 Å². The average Bonchev–Trinajstić information content (AvgIpc) is 2.67. The zero-order valence-electron chi connectivity index (χ0n) is 24.9. The fourth-order valence-corrected chi connectivity index (χ4v) is 3.40. The number of nitrogens with two attached hydrogens (primary N) is 1. The summed E-state index contributed by atoms with van der Waals surface area (Å²) in [5.41, 5.74) is 3.93. The number of hydrogen-bond donors (Lipinski definition) is 2. The van der Waals surface area contributed by atoms with Crippen molar-refractivity contribution in [2.75, 3.05) is 58.9 Å². The molecule has 0 spiro atoms. The van der Waals surface area contributed by atoms with Gasteiger partial charge in [-0.05, 0) is 81.7 Å². The third kappa shape index (κ3) is 23.1. The van der Waals surface area contributed by atoms with Crippen LogP contribution in [0.15, 0.2) is 0 Å². The van der Waals surface area contributed by atoms with E-state index in [9.17, 15) is 14.4 Å². The Morgan fingerprint density at radius 2 is 1.05 bits per heavy atom.